The SMILES string of the molecule is C[Si](C)(C)[C]1[CH][CH][CH][C]1C1=N[C@@H](Cc2ccccc2)CO1.[CH]1[CH][CH][C](P(c2ccccc2)c2ccccc2)[CH]1.[Fe+2]. The fourth-order valence-electron chi connectivity index (χ4n) is 4.93. The summed E-state index contributed by atoms with van der Waals surface area (Å²) in [7, 11) is -1.76. The van der Waals surface area contributed by atoms with Crippen LogP contribution in [-0.2, 0) is 28.2 Å². The van der Waals surface area contributed by atoms with Crippen molar-refractivity contribution < 1.29 is 21.8 Å². The second-order valence-electron chi connectivity index (χ2n) is 10.8. The van der Waals surface area contributed by atoms with Gasteiger partial charge in [-0.05, 0) is 81.0 Å². The zero-order valence-corrected chi connectivity index (χ0v) is 26.3. The van der Waals surface area contributed by atoms with Gasteiger partial charge in [0.15, 0.2) is 5.90 Å². The first kappa shape index (κ1) is 31.2. The maximum absolute atomic E-state index is 5.89. The molecule has 3 aromatic carbocycles. The minimum Gasteiger partial charge on any atom is -0.478 e. The molecule has 10 radical (unpaired) electrons. The van der Waals surface area contributed by atoms with Gasteiger partial charge in [-0.15, -0.1) is 0 Å². The number of aliphatic imine (C=N–C) groups is 1. The van der Waals surface area contributed by atoms with Crippen LogP contribution in [0.25, 0.3) is 0 Å². The van der Waals surface area contributed by atoms with Gasteiger partial charge in [0.05, 0.1) is 20.0 Å². The Bertz CT molecular complexity index is 1140. The first-order chi connectivity index (χ1) is 19.0. The predicted octanol–water partition coefficient (Wildman–Crippen LogP) is 7.16. The topological polar surface area (TPSA) is 21.6 Å². The molecule has 0 spiro atoms. The summed E-state index contributed by atoms with van der Waals surface area (Å²) in [6, 6.07) is 32.3. The number of nitrogens with zero attached hydrogens (tertiary/aromatic N) is 1. The average molecular weight is 602 g/mol. The summed E-state index contributed by atoms with van der Waals surface area (Å²) in [5.74, 6) is 2.06. The summed E-state index contributed by atoms with van der Waals surface area (Å²) in [4.78, 5) is 4.82. The second-order valence-corrected chi connectivity index (χ2v) is 18.1. The molecule has 5 heteroatoms. The van der Waals surface area contributed by atoms with E-state index in [1.165, 1.54) is 33.3 Å². The van der Waals surface area contributed by atoms with Crippen molar-refractivity contribution in [3.05, 3.63) is 159 Å². The van der Waals surface area contributed by atoms with Gasteiger partial charge in [-0.3, -0.25) is 0 Å². The van der Waals surface area contributed by atoms with E-state index in [1.807, 2.05) is 6.07 Å². The Hall–Kier alpha value is -1.70. The van der Waals surface area contributed by atoms with E-state index in [0.29, 0.717) is 6.61 Å². The molecule has 0 unspecified atom stereocenters. The first-order valence-electron chi connectivity index (χ1n) is 13.6. The number of ether oxygens (including phenoxy) is 1. The molecule has 3 aliphatic rings. The van der Waals surface area contributed by atoms with Crippen LogP contribution in [0.15, 0.2) is 96.0 Å². The van der Waals surface area contributed by atoms with Gasteiger partial charge in [0.1, 0.15) is 6.61 Å². The molecule has 1 atom stereocenters. The van der Waals surface area contributed by atoms with E-state index >= 15 is 0 Å². The standard InChI is InChI=1S/C18H22NOSi.C17H14P.Fe/c1-21(2,3)17-11-7-10-16(17)18-19-15(13-20-18)12-14-8-5-4-6-9-14;1-3-9-15(10-4-1)18(17-13-7-8-14-17)16-11-5-2-6-12-16;/h4-11,15H,12-13H2,1-3H3;1-14H;/q;;+2/t15-;;/m0../s1. The summed E-state index contributed by atoms with van der Waals surface area (Å²) in [5, 5.41) is 2.81. The van der Waals surface area contributed by atoms with Crippen LogP contribution in [-0.4, -0.2) is 26.6 Å². The molecule has 2 saturated carbocycles. The van der Waals surface area contributed by atoms with Crippen LogP contribution in [0.3, 0.4) is 0 Å². The molecule has 3 aromatic rings. The third-order valence-corrected chi connectivity index (χ3v) is 11.3. The van der Waals surface area contributed by atoms with Crippen LogP contribution in [0.5, 0.6) is 0 Å². The van der Waals surface area contributed by atoms with Crippen LogP contribution in [0.1, 0.15) is 5.56 Å². The van der Waals surface area contributed by atoms with E-state index in [0.717, 1.165) is 12.3 Å². The van der Waals surface area contributed by atoms with Gasteiger partial charge in [0.2, 0.25) is 0 Å². The van der Waals surface area contributed by atoms with Crippen LogP contribution in [0, 0.1) is 62.1 Å². The molecule has 0 bridgehead atoms. The molecule has 2 nitrogen and oxygen atoms in total. The van der Waals surface area contributed by atoms with Gasteiger partial charge in [-0.1, -0.05) is 111 Å². The minimum atomic E-state index is -1.35. The van der Waals surface area contributed by atoms with Crippen LogP contribution >= 0.6 is 7.92 Å². The van der Waals surface area contributed by atoms with Crippen molar-refractivity contribution in [3.63, 3.8) is 0 Å². The maximum atomic E-state index is 5.89. The molecular weight excluding hydrogens is 565 g/mol. The summed E-state index contributed by atoms with van der Waals surface area (Å²) >= 11 is 0. The summed E-state index contributed by atoms with van der Waals surface area (Å²) in [6.07, 6.45) is 16.2. The molecule has 202 valence electrons. The van der Waals surface area contributed by atoms with Gasteiger partial charge in [0, 0.05) is 5.66 Å². The number of benzene rings is 3. The molecule has 0 aromatic heterocycles. The number of hydrogen-bond donors (Lipinski definition) is 0. The normalized spacial score (nSPS) is 20.0. The van der Waals surface area contributed by atoms with Crippen molar-refractivity contribution in [2.24, 2.45) is 4.99 Å². The van der Waals surface area contributed by atoms with Gasteiger partial charge in [-0.2, -0.15) is 0 Å². The van der Waals surface area contributed by atoms with E-state index in [-0.39, 0.29) is 23.1 Å². The summed E-state index contributed by atoms with van der Waals surface area (Å²) in [5.41, 5.74) is 4.19. The van der Waals surface area contributed by atoms with Crippen molar-refractivity contribution >= 4 is 32.5 Å². The molecule has 2 fully saturated rings. The quantitative estimate of drug-likeness (QED) is 0.208. The van der Waals surface area contributed by atoms with E-state index < -0.39 is 16.0 Å². The Morgan fingerprint density at radius 2 is 1.27 bits per heavy atom. The molecule has 1 aliphatic heterocycles. The third kappa shape index (κ3) is 8.19. The first-order valence-corrected chi connectivity index (χ1v) is 18.5. The molecular formula is C35H36FeNOPSi+2. The molecule has 0 N–H and O–H groups in total. The Kier molecular flexibility index (Phi) is 11.7. The van der Waals surface area contributed by atoms with Gasteiger partial charge >= 0.3 is 17.1 Å². The fraction of sp³-hybridized carbons (Fsp3) is 0.171. The zero-order chi connectivity index (χ0) is 27.1. The molecule has 0 saturated heterocycles. The van der Waals surface area contributed by atoms with Crippen LogP contribution in [0.4, 0.5) is 0 Å². The van der Waals surface area contributed by atoms with Crippen molar-refractivity contribution in [1.29, 1.82) is 0 Å². The second kappa shape index (κ2) is 15.0. The average Bonchev–Trinajstić information content (AvgIpc) is 3.73. The zero-order valence-electron chi connectivity index (χ0n) is 23.3. The third-order valence-electron chi connectivity index (χ3n) is 6.81. The van der Waals surface area contributed by atoms with Crippen molar-refractivity contribution in [1.82, 2.24) is 0 Å². The largest absolute Gasteiger partial charge is 2.00 e. The fourth-order valence-corrected chi connectivity index (χ4v) is 8.83. The van der Waals surface area contributed by atoms with Crippen molar-refractivity contribution in [3.8, 4) is 0 Å². The monoisotopic (exact) mass is 601 g/mol. The van der Waals surface area contributed by atoms with E-state index in [9.17, 15) is 0 Å². The van der Waals surface area contributed by atoms with Crippen molar-refractivity contribution in [2.75, 3.05) is 6.61 Å². The Balaban J connectivity index is 0.000000182. The molecule has 40 heavy (non-hydrogen) atoms. The van der Waals surface area contributed by atoms with E-state index in [1.54, 1.807) is 0 Å². The minimum absolute atomic E-state index is 0. The van der Waals surface area contributed by atoms with E-state index in [4.69, 9.17) is 9.73 Å². The number of hydrogen-bond acceptors (Lipinski definition) is 2. The van der Waals surface area contributed by atoms with Gasteiger partial charge < -0.3 is 4.74 Å². The predicted molar refractivity (Wildman–Crippen MR) is 170 cm³/mol. The Labute approximate surface area is 255 Å². The summed E-state index contributed by atoms with van der Waals surface area (Å²) in [6.45, 7) is 7.79. The molecule has 1 heterocycles. The maximum Gasteiger partial charge on any atom is 2.00 e. The van der Waals surface area contributed by atoms with Crippen LogP contribution in [0.2, 0.25) is 19.6 Å². The smallest absolute Gasteiger partial charge is 0.478 e. The van der Waals surface area contributed by atoms with Crippen molar-refractivity contribution in [2.45, 2.75) is 32.1 Å². The molecule has 2 aliphatic carbocycles. The Morgan fingerprint density at radius 3 is 1.82 bits per heavy atom. The molecule has 6 rings (SSSR count). The van der Waals surface area contributed by atoms with E-state index in [2.05, 4.69) is 150 Å². The number of rotatable bonds is 7. The van der Waals surface area contributed by atoms with Crippen LogP contribution < -0.4 is 10.6 Å². The molecule has 0 amide bonds. The van der Waals surface area contributed by atoms with Gasteiger partial charge in [-0.25, -0.2) is 4.99 Å². The summed E-state index contributed by atoms with van der Waals surface area (Å²) < 4.78 is 5.89. The Morgan fingerprint density at radius 1 is 0.725 bits per heavy atom. The van der Waals surface area contributed by atoms with Gasteiger partial charge in [0.25, 0.3) is 0 Å².